The van der Waals surface area contributed by atoms with Crippen molar-refractivity contribution in [2.24, 2.45) is 0 Å². The van der Waals surface area contributed by atoms with E-state index >= 15 is 0 Å². The minimum absolute atomic E-state index is 0.250. The van der Waals surface area contributed by atoms with Crippen LogP contribution >= 0.6 is 0 Å². The first-order chi connectivity index (χ1) is 8.36. The van der Waals surface area contributed by atoms with Crippen LogP contribution in [0.5, 0.6) is 0 Å². The second-order valence-corrected chi connectivity index (χ2v) is 4.86. The van der Waals surface area contributed by atoms with E-state index in [1.165, 1.54) is 29.6 Å². The van der Waals surface area contributed by atoms with Gasteiger partial charge in [-0.3, -0.25) is 0 Å². The Hall–Kier alpha value is -1.31. The second-order valence-electron chi connectivity index (χ2n) is 4.86. The average Bonchev–Trinajstić information content (AvgIpc) is 2.41. The van der Waals surface area contributed by atoms with Gasteiger partial charge in [-0.1, -0.05) is 36.8 Å². The van der Waals surface area contributed by atoms with E-state index in [1.54, 1.807) is 0 Å². The van der Waals surface area contributed by atoms with Crippen LogP contribution in [-0.2, 0) is 6.42 Å². The lowest BCUT2D eigenvalue weighted by molar-refractivity contribution is -0.502. The molecule has 2 nitrogen and oxygen atoms in total. The maximum Gasteiger partial charge on any atom is 0.162 e. The summed E-state index contributed by atoms with van der Waals surface area (Å²) in [4.78, 5) is 0. The zero-order valence-corrected chi connectivity index (χ0v) is 10.3. The molecular formula is C15H21NO. The highest BCUT2D eigenvalue weighted by Gasteiger charge is 2.18. The number of nitrogens with zero attached hydrogens (tertiary/aromatic N) is 1. The molecule has 2 heteroatoms. The van der Waals surface area contributed by atoms with Crippen molar-refractivity contribution in [2.45, 2.75) is 51.0 Å². The van der Waals surface area contributed by atoms with Crippen molar-refractivity contribution >= 4 is 6.21 Å². The summed E-state index contributed by atoms with van der Waals surface area (Å²) in [5, 5.41) is 11.8. The number of rotatable bonds is 4. The summed E-state index contributed by atoms with van der Waals surface area (Å²) in [6.07, 6.45) is 9.54. The highest BCUT2D eigenvalue weighted by Crippen LogP contribution is 2.19. The van der Waals surface area contributed by atoms with Crippen LogP contribution in [0.1, 0.15) is 44.1 Å². The van der Waals surface area contributed by atoms with E-state index in [1.807, 2.05) is 24.4 Å². The molecule has 1 aromatic rings. The van der Waals surface area contributed by atoms with Crippen molar-refractivity contribution in [3.63, 3.8) is 0 Å². The van der Waals surface area contributed by atoms with Crippen molar-refractivity contribution in [3.05, 3.63) is 41.1 Å². The third kappa shape index (κ3) is 3.88. The Morgan fingerprint density at radius 3 is 2.53 bits per heavy atom. The Morgan fingerprint density at radius 1 is 1.12 bits per heavy atom. The largest absolute Gasteiger partial charge is 0.624 e. The second kappa shape index (κ2) is 6.43. The zero-order chi connectivity index (χ0) is 11.9. The number of aryl methyl sites for hydroxylation is 1. The smallest absolute Gasteiger partial charge is 0.162 e. The molecule has 2 rings (SSSR count). The van der Waals surface area contributed by atoms with Crippen LogP contribution in [0.25, 0.3) is 0 Å². The predicted octanol–water partition coefficient (Wildman–Crippen LogP) is 3.53. The zero-order valence-electron chi connectivity index (χ0n) is 10.3. The van der Waals surface area contributed by atoms with Gasteiger partial charge in [-0.15, -0.1) is 0 Å². The van der Waals surface area contributed by atoms with E-state index in [0.29, 0.717) is 0 Å². The Labute approximate surface area is 104 Å². The molecule has 0 heterocycles. The van der Waals surface area contributed by atoms with Crippen LogP contribution < -0.4 is 0 Å². The van der Waals surface area contributed by atoms with E-state index in [0.717, 1.165) is 25.7 Å². The highest BCUT2D eigenvalue weighted by molar-refractivity contribution is 5.52. The monoisotopic (exact) mass is 231 g/mol. The van der Waals surface area contributed by atoms with Crippen molar-refractivity contribution in [2.75, 3.05) is 0 Å². The van der Waals surface area contributed by atoms with E-state index in [9.17, 15) is 5.21 Å². The Balaban J connectivity index is 1.79. The highest BCUT2D eigenvalue weighted by atomic mass is 16.5. The van der Waals surface area contributed by atoms with E-state index in [2.05, 4.69) is 12.1 Å². The summed E-state index contributed by atoms with van der Waals surface area (Å²) < 4.78 is 1.21. The van der Waals surface area contributed by atoms with Gasteiger partial charge in [-0.2, -0.15) is 0 Å². The number of hydroxylamine groups is 1. The Kier molecular flexibility index (Phi) is 4.60. The summed E-state index contributed by atoms with van der Waals surface area (Å²) in [5.41, 5.74) is 1.31. The lowest BCUT2D eigenvalue weighted by atomic mass is 9.96. The van der Waals surface area contributed by atoms with Gasteiger partial charge in [0.05, 0.1) is 0 Å². The SMILES string of the molecule is [O-]/[N+](=C/CCc1ccccc1)C1CCCCC1. The van der Waals surface area contributed by atoms with Crippen LogP contribution in [0.3, 0.4) is 0 Å². The first-order valence-corrected chi connectivity index (χ1v) is 6.69. The summed E-state index contributed by atoms with van der Waals surface area (Å²) in [6.45, 7) is 0. The minimum atomic E-state index is 0.250. The molecule has 0 unspecified atom stereocenters. The van der Waals surface area contributed by atoms with Crippen molar-refractivity contribution in [1.82, 2.24) is 0 Å². The fourth-order valence-electron chi connectivity index (χ4n) is 2.49. The summed E-state index contributed by atoms with van der Waals surface area (Å²) >= 11 is 0. The molecule has 0 aliphatic heterocycles. The average molecular weight is 231 g/mol. The molecule has 1 saturated carbocycles. The number of benzene rings is 1. The maximum absolute atomic E-state index is 11.8. The molecule has 0 amide bonds. The molecule has 0 saturated heterocycles. The van der Waals surface area contributed by atoms with Gasteiger partial charge in [0.2, 0.25) is 0 Å². The van der Waals surface area contributed by atoms with Crippen LogP contribution in [0, 0.1) is 5.21 Å². The van der Waals surface area contributed by atoms with Gasteiger partial charge in [-0.05, 0) is 24.8 Å². The Bertz CT molecular complexity index is 352. The molecule has 0 aromatic heterocycles. The van der Waals surface area contributed by atoms with Gasteiger partial charge in [-0.25, -0.2) is 4.74 Å². The third-order valence-electron chi connectivity index (χ3n) is 3.52. The predicted molar refractivity (Wildman–Crippen MR) is 71.3 cm³/mol. The number of hydrogen-bond donors (Lipinski definition) is 0. The van der Waals surface area contributed by atoms with Crippen molar-refractivity contribution in [3.8, 4) is 0 Å². The molecule has 0 N–H and O–H groups in total. The molecule has 1 aliphatic rings. The molecular weight excluding hydrogens is 210 g/mol. The summed E-state index contributed by atoms with van der Waals surface area (Å²) in [7, 11) is 0. The standard InChI is InChI=1S/C15H21NO/c17-16(15-11-5-2-6-12-15)13-7-10-14-8-3-1-4-9-14/h1,3-4,8-9,13,15H,2,5-7,10-12H2/b16-13+. The van der Waals surface area contributed by atoms with E-state index in [-0.39, 0.29) is 6.04 Å². The lowest BCUT2D eigenvalue weighted by Crippen LogP contribution is -2.25. The molecule has 0 atom stereocenters. The van der Waals surface area contributed by atoms with Gasteiger partial charge in [0.1, 0.15) is 0 Å². The third-order valence-corrected chi connectivity index (χ3v) is 3.52. The first kappa shape index (κ1) is 12.2. The summed E-state index contributed by atoms with van der Waals surface area (Å²) in [5.74, 6) is 0. The molecule has 1 aliphatic carbocycles. The van der Waals surface area contributed by atoms with Gasteiger partial charge in [0.25, 0.3) is 0 Å². The van der Waals surface area contributed by atoms with Gasteiger partial charge in [0, 0.05) is 19.3 Å². The maximum atomic E-state index is 11.8. The Morgan fingerprint density at radius 2 is 1.82 bits per heavy atom. The van der Waals surface area contributed by atoms with Gasteiger partial charge in [0.15, 0.2) is 12.3 Å². The van der Waals surface area contributed by atoms with Crippen LogP contribution in [0.2, 0.25) is 0 Å². The van der Waals surface area contributed by atoms with Gasteiger partial charge >= 0.3 is 0 Å². The molecule has 0 bridgehead atoms. The quantitative estimate of drug-likeness (QED) is 0.337. The van der Waals surface area contributed by atoms with Crippen molar-refractivity contribution in [1.29, 1.82) is 0 Å². The van der Waals surface area contributed by atoms with E-state index in [4.69, 9.17) is 0 Å². The number of hydrogen-bond acceptors (Lipinski definition) is 1. The first-order valence-electron chi connectivity index (χ1n) is 6.69. The van der Waals surface area contributed by atoms with Crippen LogP contribution in [0.15, 0.2) is 30.3 Å². The fourth-order valence-corrected chi connectivity index (χ4v) is 2.49. The summed E-state index contributed by atoms with van der Waals surface area (Å²) in [6, 6.07) is 10.6. The fraction of sp³-hybridized carbons (Fsp3) is 0.533. The molecule has 0 radical (unpaired) electrons. The lowest BCUT2D eigenvalue weighted by Gasteiger charge is -2.20. The molecule has 1 aromatic carbocycles. The molecule has 1 fully saturated rings. The van der Waals surface area contributed by atoms with Crippen molar-refractivity contribution < 1.29 is 4.74 Å². The van der Waals surface area contributed by atoms with Gasteiger partial charge < -0.3 is 5.21 Å². The van der Waals surface area contributed by atoms with Crippen LogP contribution in [-0.4, -0.2) is 17.0 Å². The topological polar surface area (TPSA) is 26.1 Å². The van der Waals surface area contributed by atoms with E-state index < -0.39 is 0 Å². The van der Waals surface area contributed by atoms with Crippen LogP contribution in [0.4, 0.5) is 0 Å². The molecule has 92 valence electrons. The molecule has 17 heavy (non-hydrogen) atoms. The normalized spacial score (nSPS) is 18.2. The minimum Gasteiger partial charge on any atom is -0.624 e. The molecule has 0 spiro atoms.